The monoisotopic (exact) mass is 421 g/mol. The Balaban J connectivity index is 1.78. The van der Waals surface area contributed by atoms with Crippen molar-refractivity contribution >= 4 is 27.8 Å². The van der Waals surface area contributed by atoms with Crippen molar-refractivity contribution in [2.45, 2.75) is 32.6 Å². The van der Waals surface area contributed by atoms with Crippen LogP contribution in [0.5, 0.6) is 5.75 Å². The van der Waals surface area contributed by atoms with Crippen LogP contribution in [-0.4, -0.2) is 11.3 Å². The lowest BCUT2D eigenvalue weighted by Crippen LogP contribution is -1.92. The zero-order valence-corrected chi connectivity index (χ0v) is 17.1. The smallest absolute Gasteiger partial charge is 0.138 e. The zero-order valence-electron chi connectivity index (χ0n) is 15.5. The van der Waals surface area contributed by atoms with Gasteiger partial charge in [0.25, 0.3) is 0 Å². The summed E-state index contributed by atoms with van der Waals surface area (Å²) in [4.78, 5) is 4.54. The largest absolute Gasteiger partial charge is 0.506 e. The number of hydrogen-bond donors (Lipinski definition) is 1. The second-order valence-corrected chi connectivity index (χ2v) is 7.56. The molecule has 27 heavy (non-hydrogen) atoms. The van der Waals surface area contributed by atoms with E-state index < -0.39 is 0 Å². The van der Waals surface area contributed by atoms with Gasteiger partial charge in [-0.1, -0.05) is 55.8 Å². The van der Waals surface area contributed by atoms with Gasteiger partial charge in [0.05, 0.1) is 10.2 Å². The summed E-state index contributed by atoms with van der Waals surface area (Å²) in [5.41, 5.74) is 5.30. The van der Waals surface area contributed by atoms with Crippen LogP contribution in [-0.2, 0) is 12.8 Å². The van der Waals surface area contributed by atoms with Gasteiger partial charge in [0.15, 0.2) is 0 Å². The summed E-state index contributed by atoms with van der Waals surface area (Å²) in [7, 11) is 0. The number of aromatic hydroxyl groups is 1. The molecule has 0 unspecified atom stereocenters. The van der Waals surface area contributed by atoms with Gasteiger partial charge in [0.2, 0.25) is 0 Å². The quantitative estimate of drug-likeness (QED) is 0.416. The molecule has 0 aliphatic carbocycles. The average molecular weight is 422 g/mol. The molecule has 0 heterocycles. The number of aryl methyl sites for hydroxylation is 1. The van der Waals surface area contributed by atoms with E-state index in [4.69, 9.17) is 0 Å². The van der Waals surface area contributed by atoms with E-state index >= 15 is 0 Å². The molecule has 138 valence electrons. The minimum absolute atomic E-state index is 0.218. The van der Waals surface area contributed by atoms with Gasteiger partial charge in [0.1, 0.15) is 5.75 Å². The molecule has 0 aromatic heterocycles. The summed E-state index contributed by atoms with van der Waals surface area (Å²) in [6.07, 6.45) is 6.06. The van der Waals surface area contributed by atoms with Crippen LogP contribution in [0.25, 0.3) is 0 Å². The van der Waals surface area contributed by atoms with Gasteiger partial charge >= 0.3 is 0 Å². The summed E-state index contributed by atoms with van der Waals surface area (Å²) in [6, 6.07) is 22.6. The molecule has 3 rings (SSSR count). The Kier molecular flexibility index (Phi) is 6.83. The third-order valence-electron chi connectivity index (χ3n) is 4.51. The van der Waals surface area contributed by atoms with E-state index in [1.165, 1.54) is 24.0 Å². The number of phenolic OH excluding ortho intramolecular Hbond substituents is 1. The van der Waals surface area contributed by atoms with Crippen molar-refractivity contribution in [2.75, 3.05) is 0 Å². The van der Waals surface area contributed by atoms with Crippen LogP contribution in [0.4, 0.5) is 5.69 Å². The normalized spacial score (nSPS) is 11.2. The number of unbranched alkanes of at least 4 members (excludes halogenated alkanes) is 1. The maximum Gasteiger partial charge on any atom is 0.138 e. The fourth-order valence-electron chi connectivity index (χ4n) is 2.98. The molecule has 2 nitrogen and oxygen atoms in total. The molecule has 0 saturated heterocycles. The van der Waals surface area contributed by atoms with Gasteiger partial charge in [-0.2, -0.15) is 0 Å². The van der Waals surface area contributed by atoms with Crippen LogP contribution in [0.15, 0.2) is 76.2 Å². The number of rotatable bonds is 7. The van der Waals surface area contributed by atoms with Crippen LogP contribution >= 0.6 is 15.9 Å². The molecule has 3 aromatic carbocycles. The number of halogens is 1. The molecule has 0 fully saturated rings. The molecular weight excluding hydrogens is 398 g/mol. The predicted molar refractivity (Wildman–Crippen MR) is 117 cm³/mol. The summed E-state index contributed by atoms with van der Waals surface area (Å²) in [6.45, 7) is 2.20. The molecule has 0 aliphatic rings. The van der Waals surface area contributed by atoms with E-state index in [2.05, 4.69) is 52.1 Å². The van der Waals surface area contributed by atoms with Crippen LogP contribution in [0.3, 0.4) is 0 Å². The highest BCUT2D eigenvalue weighted by Crippen LogP contribution is 2.30. The zero-order chi connectivity index (χ0) is 19.1. The highest BCUT2D eigenvalue weighted by molar-refractivity contribution is 9.10. The standard InChI is InChI=1S/C24H24BrNO/c1-2-3-7-18-10-12-22(13-11-18)26-17-21-15-20(16-23(25)24(21)27)14-19-8-5-4-6-9-19/h4-6,8-13,15-17,27H,2-3,7,14H2,1H3. The van der Waals surface area contributed by atoms with Crippen molar-refractivity contribution < 1.29 is 5.11 Å². The number of benzene rings is 3. The van der Waals surface area contributed by atoms with Crippen molar-refractivity contribution in [3.8, 4) is 5.75 Å². The van der Waals surface area contributed by atoms with Crippen molar-refractivity contribution in [3.05, 3.63) is 93.5 Å². The van der Waals surface area contributed by atoms with Crippen molar-refractivity contribution in [2.24, 2.45) is 4.99 Å². The van der Waals surface area contributed by atoms with Gasteiger partial charge in [0, 0.05) is 11.8 Å². The predicted octanol–water partition coefficient (Wildman–Crippen LogP) is 6.84. The average Bonchev–Trinajstić information content (AvgIpc) is 2.69. The van der Waals surface area contributed by atoms with Crippen LogP contribution < -0.4 is 0 Å². The lowest BCUT2D eigenvalue weighted by Gasteiger charge is -2.08. The Hall–Kier alpha value is -2.39. The maximum absolute atomic E-state index is 10.4. The molecule has 0 saturated carbocycles. The number of phenols is 1. The van der Waals surface area contributed by atoms with E-state index in [1.807, 2.05) is 42.5 Å². The molecule has 0 aliphatic heterocycles. The summed E-state index contributed by atoms with van der Waals surface area (Å²) in [5.74, 6) is 0.218. The Morgan fingerprint density at radius 1 is 0.926 bits per heavy atom. The second-order valence-electron chi connectivity index (χ2n) is 6.71. The van der Waals surface area contributed by atoms with Crippen LogP contribution in [0.2, 0.25) is 0 Å². The Bertz CT molecular complexity index is 902. The molecule has 0 atom stereocenters. The van der Waals surface area contributed by atoms with Gasteiger partial charge < -0.3 is 5.11 Å². The van der Waals surface area contributed by atoms with E-state index in [1.54, 1.807) is 6.21 Å². The van der Waals surface area contributed by atoms with Crippen molar-refractivity contribution in [1.29, 1.82) is 0 Å². The first-order valence-corrected chi connectivity index (χ1v) is 10.1. The first kappa shape index (κ1) is 19.4. The minimum Gasteiger partial charge on any atom is -0.506 e. The number of hydrogen-bond acceptors (Lipinski definition) is 2. The van der Waals surface area contributed by atoms with E-state index in [0.29, 0.717) is 10.0 Å². The SMILES string of the molecule is CCCCc1ccc(N=Cc2cc(Cc3ccccc3)cc(Br)c2O)cc1. The molecule has 3 aromatic rings. The first-order valence-electron chi connectivity index (χ1n) is 9.34. The summed E-state index contributed by atoms with van der Waals surface area (Å²) >= 11 is 3.46. The lowest BCUT2D eigenvalue weighted by molar-refractivity contribution is 0.471. The third kappa shape index (κ3) is 5.54. The molecule has 3 heteroatoms. The van der Waals surface area contributed by atoms with Crippen molar-refractivity contribution in [1.82, 2.24) is 0 Å². The highest BCUT2D eigenvalue weighted by atomic mass is 79.9. The Morgan fingerprint density at radius 3 is 2.37 bits per heavy atom. The highest BCUT2D eigenvalue weighted by Gasteiger charge is 2.07. The first-order chi connectivity index (χ1) is 13.2. The fourth-order valence-corrected chi connectivity index (χ4v) is 3.51. The maximum atomic E-state index is 10.4. The van der Waals surface area contributed by atoms with E-state index in [0.717, 1.165) is 24.1 Å². The van der Waals surface area contributed by atoms with Crippen LogP contribution in [0.1, 0.15) is 42.0 Å². The second kappa shape index (κ2) is 9.52. The molecular formula is C24H24BrNO. The molecule has 0 radical (unpaired) electrons. The van der Waals surface area contributed by atoms with E-state index in [9.17, 15) is 5.11 Å². The molecule has 0 bridgehead atoms. The fraction of sp³-hybridized carbons (Fsp3) is 0.208. The van der Waals surface area contributed by atoms with Gasteiger partial charge in [-0.15, -0.1) is 0 Å². The number of nitrogens with zero attached hydrogens (tertiary/aromatic N) is 1. The van der Waals surface area contributed by atoms with Gasteiger partial charge in [-0.05, 0) is 76.1 Å². The Morgan fingerprint density at radius 2 is 1.67 bits per heavy atom. The molecule has 1 N–H and O–H groups in total. The van der Waals surface area contributed by atoms with Gasteiger partial charge in [-0.3, -0.25) is 4.99 Å². The summed E-state index contributed by atoms with van der Waals surface area (Å²) in [5, 5.41) is 10.4. The lowest BCUT2D eigenvalue weighted by atomic mass is 10.0. The molecule has 0 amide bonds. The topological polar surface area (TPSA) is 32.6 Å². The van der Waals surface area contributed by atoms with Crippen LogP contribution in [0, 0.1) is 0 Å². The third-order valence-corrected chi connectivity index (χ3v) is 5.12. The van der Waals surface area contributed by atoms with Gasteiger partial charge in [-0.25, -0.2) is 0 Å². The minimum atomic E-state index is 0.218. The Labute approximate surface area is 169 Å². The number of aliphatic imine (C=N–C) groups is 1. The molecule has 0 spiro atoms. The van der Waals surface area contributed by atoms with E-state index in [-0.39, 0.29) is 5.75 Å². The summed E-state index contributed by atoms with van der Waals surface area (Å²) < 4.78 is 0.687. The van der Waals surface area contributed by atoms with Crippen molar-refractivity contribution in [3.63, 3.8) is 0 Å².